The summed E-state index contributed by atoms with van der Waals surface area (Å²) in [6.07, 6.45) is 0. The van der Waals surface area contributed by atoms with E-state index >= 15 is 0 Å². The number of para-hydroxylation sites is 2. The number of hydrogen-bond donors (Lipinski definition) is 2. The quantitative estimate of drug-likeness (QED) is 0.580. The van der Waals surface area contributed by atoms with Crippen molar-refractivity contribution < 1.29 is 0 Å². The van der Waals surface area contributed by atoms with Gasteiger partial charge in [0.2, 0.25) is 0 Å². The van der Waals surface area contributed by atoms with Crippen LogP contribution in [-0.2, 0) is 6.54 Å². The van der Waals surface area contributed by atoms with Crippen molar-refractivity contribution in [3.8, 4) is 0 Å². The molecule has 1 heterocycles. The van der Waals surface area contributed by atoms with Gasteiger partial charge in [-0.05, 0) is 23.3 Å². The molecular formula is C22H19N3O. The van der Waals surface area contributed by atoms with Crippen LogP contribution >= 0.6 is 0 Å². The third-order valence-electron chi connectivity index (χ3n) is 4.39. The van der Waals surface area contributed by atoms with Gasteiger partial charge in [0, 0.05) is 6.54 Å². The molecule has 0 radical (unpaired) electrons. The lowest BCUT2D eigenvalue weighted by Crippen LogP contribution is -2.29. The number of nitrogens with one attached hydrogen (secondary N) is 2. The van der Waals surface area contributed by atoms with Crippen LogP contribution in [0, 0.1) is 0 Å². The molecule has 1 unspecified atom stereocenters. The molecule has 0 aliphatic carbocycles. The summed E-state index contributed by atoms with van der Waals surface area (Å²) in [5.74, 6) is 0. The summed E-state index contributed by atoms with van der Waals surface area (Å²) in [5, 5.41) is 3.49. The predicted molar refractivity (Wildman–Crippen MR) is 104 cm³/mol. The summed E-state index contributed by atoms with van der Waals surface area (Å²) in [6, 6.07) is 27.4. The van der Waals surface area contributed by atoms with E-state index < -0.39 is 0 Å². The highest BCUT2D eigenvalue weighted by molar-refractivity contribution is 5.73. The molecule has 4 rings (SSSR count). The first kappa shape index (κ1) is 16.2. The van der Waals surface area contributed by atoms with Crippen LogP contribution in [0.3, 0.4) is 0 Å². The van der Waals surface area contributed by atoms with Crippen molar-refractivity contribution in [2.24, 2.45) is 0 Å². The minimum Gasteiger partial charge on any atom is -0.319 e. The van der Waals surface area contributed by atoms with Crippen LogP contribution in [0.5, 0.6) is 0 Å². The Balaban J connectivity index is 1.75. The number of aromatic amines is 1. The maximum absolute atomic E-state index is 12.7. The number of fused-ring (bicyclic) bond motifs is 1. The molecule has 1 atom stereocenters. The number of nitrogens with zero attached hydrogens (tertiary/aromatic N) is 1. The predicted octanol–water partition coefficient (Wildman–Crippen LogP) is 3.80. The smallest absolute Gasteiger partial charge is 0.272 e. The second kappa shape index (κ2) is 7.33. The maximum Gasteiger partial charge on any atom is 0.272 e. The minimum atomic E-state index is -0.287. The Morgan fingerprint density at radius 3 is 2.27 bits per heavy atom. The number of hydrogen-bond acceptors (Lipinski definition) is 3. The van der Waals surface area contributed by atoms with Crippen LogP contribution in [0.1, 0.15) is 22.9 Å². The van der Waals surface area contributed by atoms with Gasteiger partial charge in [-0.2, -0.15) is 0 Å². The summed E-state index contributed by atoms with van der Waals surface area (Å²) in [4.78, 5) is 20.3. The fourth-order valence-electron chi connectivity index (χ4n) is 3.07. The zero-order valence-electron chi connectivity index (χ0n) is 14.2. The molecule has 0 amide bonds. The fraction of sp³-hybridized carbons (Fsp3) is 0.0909. The molecule has 4 heteroatoms. The Morgan fingerprint density at radius 1 is 0.846 bits per heavy atom. The molecular weight excluding hydrogens is 322 g/mol. The lowest BCUT2D eigenvalue weighted by atomic mass is 10.0. The summed E-state index contributed by atoms with van der Waals surface area (Å²) < 4.78 is 0. The second-order valence-electron chi connectivity index (χ2n) is 6.18. The third-order valence-corrected chi connectivity index (χ3v) is 4.39. The van der Waals surface area contributed by atoms with Gasteiger partial charge in [0.25, 0.3) is 5.56 Å². The van der Waals surface area contributed by atoms with Crippen molar-refractivity contribution in [3.05, 3.63) is 112 Å². The fourth-order valence-corrected chi connectivity index (χ4v) is 3.07. The largest absolute Gasteiger partial charge is 0.319 e. The molecule has 4 nitrogen and oxygen atoms in total. The summed E-state index contributed by atoms with van der Waals surface area (Å²) in [5.41, 5.74) is 4.01. The average molecular weight is 341 g/mol. The van der Waals surface area contributed by atoms with Gasteiger partial charge in [-0.3, -0.25) is 4.79 Å². The number of rotatable bonds is 5. The molecule has 128 valence electrons. The van der Waals surface area contributed by atoms with Crippen LogP contribution < -0.4 is 10.9 Å². The second-order valence-corrected chi connectivity index (χ2v) is 6.18. The van der Waals surface area contributed by atoms with Gasteiger partial charge in [0.1, 0.15) is 5.69 Å². The molecule has 0 saturated heterocycles. The summed E-state index contributed by atoms with van der Waals surface area (Å²) in [6.45, 7) is 0.647. The van der Waals surface area contributed by atoms with E-state index in [-0.39, 0.29) is 11.6 Å². The van der Waals surface area contributed by atoms with Gasteiger partial charge in [-0.1, -0.05) is 72.8 Å². The first-order valence-electron chi connectivity index (χ1n) is 8.62. The van der Waals surface area contributed by atoms with Gasteiger partial charge >= 0.3 is 0 Å². The molecule has 26 heavy (non-hydrogen) atoms. The number of H-pyrrole nitrogens is 1. The van der Waals surface area contributed by atoms with Crippen LogP contribution in [0.15, 0.2) is 89.7 Å². The molecule has 0 aliphatic heterocycles. The summed E-state index contributed by atoms with van der Waals surface area (Å²) >= 11 is 0. The summed E-state index contributed by atoms with van der Waals surface area (Å²) in [7, 11) is 0. The van der Waals surface area contributed by atoms with Crippen LogP contribution in [0.4, 0.5) is 0 Å². The lowest BCUT2D eigenvalue weighted by molar-refractivity contribution is 0.587. The zero-order valence-corrected chi connectivity index (χ0v) is 14.2. The van der Waals surface area contributed by atoms with Crippen LogP contribution in [0.25, 0.3) is 11.0 Å². The van der Waals surface area contributed by atoms with Crippen molar-refractivity contribution in [1.29, 1.82) is 0 Å². The van der Waals surface area contributed by atoms with E-state index in [2.05, 4.69) is 27.4 Å². The van der Waals surface area contributed by atoms with E-state index in [4.69, 9.17) is 0 Å². The first-order chi connectivity index (χ1) is 12.8. The van der Waals surface area contributed by atoms with Crippen molar-refractivity contribution in [1.82, 2.24) is 15.3 Å². The Labute approximate surface area is 151 Å². The normalized spacial score (nSPS) is 12.2. The van der Waals surface area contributed by atoms with E-state index in [0.29, 0.717) is 12.2 Å². The van der Waals surface area contributed by atoms with Crippen molar-refractivity contribution in [3.63, 3.8) is 0 Å². The van der Waals surface area contributed by atoms with E-state index in [0.717, 1.165) is 22.2 Å². The number of benzene rings is 3. The highest BCUT2D eigenvalue weighted by Gasteiger charge is 2.19. The van der Waals surface area contributed by atoms with E-state index in [1.54, 1.807) is 0 Å². The van der Waals surface area contributed by atoms with Crippen LogP contribution in [-0.4, -0.2) is 9.97 Å². The third kappa shape index (κ3) is 3.41. The van der Waals surface area contributed by atoms with E-state index in [1.165, 1.54) is 0 Å². The van der Waals surface area contributed by atoms with Crippen molar-refractivity contribution >= 4 is 11.0 Å². The first-order valence-corrected chi connectivity index (χ1v) is 8.62. The van der Waals surface area contributed by atoms with Gasteiger partial charge in [-0.15, -0.1) is 0 Å². The number of aromatic nitrogens is 2. The highest BCUT2D eigenvalue weighted by Crippen LogP contribution is 2.20. The van der Waals surface area contributed by atoms with Crippen LogP contribution in [0.2, 0.25) is 0 Å². The Morgan fingerprint density at radius 2 is 1.50 bits per heavy atom. The molecule has 1 aromatic heterocycles. The zero-order chi connectivity index (χ0) is 17.8. The topological polar surface area (TPSA) is 57.8 Å². The molecule has 2 N–H and O–H groups in total. The monoisotopic (exact) mass is 341 g/mol. The highest BCUT2D eigenvalue weighted by atomic mass is 16.1. The van der Waals surface area contributed by atoms with Gasteiger partial charge in [0.05, 0.1) is 17.1 Å². The van der Waals surface area contributed by atoms with E-state index in [1.807, 2.05) is 72.8 Å². The average Bonchev–Trinajstić information content (AvgIpc) is 2.70. The molecule has 0 saturated carbocycles. The standard InChI is InChI=1S/C22H19N3O/c26-22-21(24-18-13-7-8-14-19(18)25-22)20(17-11-5-2-6-12-17)23-15-16-9-3-1-4-10-16/h1-14,20,23H,15H2,(H,25,26). The van der Waals surface area contributed by atoms with Gasteiger partial charge in [0.15, 0.2) is 0 Å². The van der Waals surface area contributed by atoms with Gasteiger partial charge < -0.3 is 10.3 Å². The molecule has 4 aromatic rings. The maximum atomic E-state index is 12.7. The van der Waals surface area contributed by atoms with Crippen molar-refractivity contribution in [2.75, 3.05) is 0 Å². The van der Waals surface area contributed by atoms with Crippen molar-refractivity contribution in [2.45, 2.75) is 12.6 Å². The molecule has 0 fully saturated rings. The molecule has 3 aromatic carbocycles. The minimum absolute atomic E-state index is 0.168. The van der Waals surface area contributed by atoms with Gasteiger partial charge in [-0.25, -0.2) is 4.98 Å². The molecule has 0 bridgehead atoms. The van der Waals surface area contributed by atoms with E-state index in [9.17, 15) is 4.79 Å². The molecule has 0 spiro atoms. The Kier molecular flexibility index (Phi) is 4.58. The Hall–Kier alpha value is -3.24. The molecule has 0 aliphatic rings. The SMILES string of the molecule is O=c1[nH]c2ccccc2nc1C(NCc1ccccc1)c1ccccc1. The lowest BCUT2D eigenvalue weighted by Gasteiger charge is -2.18. The Bertz CT molecular complexity index is 1060.